The SMILES string of the molecule is C[C@H](CCCN=C(N)N)NC(=O)CCCC[C@@H]1CCSS1. The zero-order chi connectivity index (χ0) is 15.5. The van der Waals surface area contributed by atoms with Gasteiger partial charge in [-0.2, -0.15) is 0 Å². The van der Waals surface area contributed by atoms with Crippen LogP contribution in [0.15, 0.2) is 4.99 Å². The van der Waals surface area contributed by atoms with Gasteiger partial charge in [-0.25, -0.2) is 0 Å². The molecule has 1 rings (SSSR count). The Morgan fingerprint density at radius 3 is 2.86 bits per heavy atom. The molecular formula is C14H28N4OS2. The van der Waals surface area contributed by atoms with E-state index in [1.165, 1.54) is 18.6 Å². The second kappa shape index (κ2) is 11.1. The minimum Gasteiger partial charge on any atom is -0.370 e. The topological polar surface area (TPSA) is 93.5 Å². The summed E-state index contributed by atoms with van der Waals surface area (Å²) in [5.74, 6) is 1.58. The fraction of sp³-hybridized carbons (Fsp3) is 0.857. The van der Waals surface area contributed by atoms with Crippen LogP contribution in [-0.2, 0) is 4.79 Å². The predicted octanol–water partition coefficient (Wildman–Crippen LogP) is 2.26. The molecule has 0 aliphatic carbocycles. The van der Waals surface area contributed by atoms with Crippen LogP contribution in [0.3, 0.4) is 0 Å². The number of rotatable bonds is 10. The van der Waals surface area contributed by atoms with Gasteiger partial charge >= 0.3 is 0 Å². The lowest BCUT2D eigenvalue weighted by Gasteiger charge is -2.13. The standard InChI is InChI=1S/C14H28N4OS2/c1-11(5-4-9-17-14(15)16)18-13(19)7-3-2-6-12-8-10-20-21-12/h11-12H,2-10H2,1H3,(H,18,19)(H4,15,16,17)/t11-,12-/m1/s1. The van der Waals surface area contributed by atoms with E-state index >= 15 is 0 Å². The van der Waals surface area contributed by atoms with Crippen molar-refractivity contribution in [3.05, 3.63) is 0 Å². The van der Waals surface area contributed by atoms with Crippen molar-refractivity contribution in [1.29, 1.82) is 0 Å². The van der Waals surface area contributed by atoms with Gasteiger partial charge in [-0.1, -0.05) is 28.0 Å². The Kier molecular flexibility index (Phi) is 9.74. The van der Waals surface area contributed by atoms with E-state index in [1.807, 2.05) is 28.5 Å². The number of nitrogens with one attached hydrogen (secondary N) is 1. The third-order valence-electron chi connectivity index (χ3n) is 3.40. The average Bonchev–Trinajstić information content (AvgIpc) is 2.93. The Balaban J connectivity index is 1.97. The van der Waals surface area contributed by atoms with Crippen molar-refractivity contribution in [3.63, 3.8) is 0 Å². The number of guanidine groups is 1. The number of aliphatic imine (C=N–C) groups is 1. The second-order valence-corrected chi connectivity index (χ2v) is 8.28. The monoisotopic (exact) mass is 332 g/mol. The quantitative estimate of drug-likeness (QED) is 0.247. The molecule has 0 radical (unpaired) electrons. The first-order valence-electron chi connectivity index (χ1n) is 7.71. The van der Waals surface area contributed by atoms with Gasteiger partial charge in [0.05, 0.1) is 0 Å². The zero-order valence-corrected chi connectivity index (χ0v) is 14.5. The van der Waals surface area contributed by atoms with E-state index in [1.54, 1.807) is 0 Å². The molecule has 5 nitrogen and oxygen atoms in total. The summed E-state index contributed by atoms with van der Waals surface area (Å²) in [4.78, 5) is 15.7. The Bertz CT molecular complexity index is 329. The van der Waals surface area contributed by atoms with Gasteiger partial charge in [0.1, 0.15) is 0 Å². The molecule has 7 heteroatoms. The van der Waals surface area contributed by atoms with Gasteiger partial charge < -0.3 is 16.8 Å². The van der Waals surface area contributed by atoms with Crippen LogP contribution >= 0.6 is 21.6 Å². The summed E-state index contributed by atoms with van der Waals surface area (Å²) in [6.07, 6.45) is 7.16. The van der Waals surface area contributed by atoms with Crippen LogP contribution in [0.1, 0.15) is 51.9 Å². The molecule has 122 valence electrons. The fourth-order valence-corrected chi connectivity index (χ4v) is 5.27. The highest BCUT2D eigenvalue weighted by Crippen LogP contribution is 2.39. The highest BCUT2D eigenvalue weighted by molar-refractivity contribution is 8.77. The van der Waals surface area contributed by atoms with E-state index in [9.17, 15) is 4.79 Å². The Labute approximate surface area is 135 Å². The van der Waals surface area contributed by atoms with Crippen molar-refractivity contribution in [2.45, 2.75) is 63.2 Å². The summed E-state index contributed by atoms with van der Waals surface area (Å²) in [6, 6.07) is 0.188. The number of nitrogens with zero attached hydrogens (tertiary/aromatic N) is 1. The zero-order valence-electron chi connectivity index (χ0n) is 12.8. The van der Waals surface area contributed by atoms with Gasteiger partial charge in [-0.3, -0.25) is 9.79 Å². The van der Waals surface area contributed by atoms with E-state index in [0.29, 0.717) is 13.0 Å². The van der Waals surface area contributed by atoms with Crippen LogP contribution in [0.2, 0.25) is 0 Å². The maximum absolute atomic E-state index is 11.8. The Morgan fingerprint density at radius 2 is 2.19 bits per heavy atom. The van der Waals surface area contributed by atoms with Crippen LogP contribution in [0, 0.1) is 0 Å². The predicted molar refractivity (Wildman–Crippen MR) is 94.4 cm³/mol. The molecule has 1 heterocycles. The summed E-state index contributed by atoms with van der Waals surface area (Å²) >= 11 is 0. The van der Waals surface area contributed by atoms with Gasteiger partial charge in [-0.15, -0.1) is 0 Å². The molecule has 1 aliphatic heterocycles. The minimum absolute atomic E-state index is 0.130. The van der Waals surface area contributed by atoms with E-state index in [0.717, 1.165) is 30.9 Å². The third-order valence-corrected chi connectivity index (χ3v) is 6.41. The third kappa shape index (κ3) is 9.90. The summed E-state index contributed by atoms with van der Waals surface area (Å²) in [5, 5.41) is 3.85. The number of carbonyl (C=O) groups excluding carboxylic acids is 1. The van der Waals surface area contributed by atoms with Gasteiger partial charge in [-0.05, 0) is 39.0 Å². The molecule has 0 spiro atoms. The lowest BCUT2D eigenvalue weighted by molar-refractivity contribution is -0.121. The second-order valence-electron chi connectivity index (χ2n) is 5.49. The number of hydrogen-bond acceptors (Lipinski definition) is 4. The summed E-state index contributed by atoms with van der Waals surface area (Å²) in [5.41, 5.74) is 10.5. The van der Waals surface area contributed by atoms with Crippen LogP contribution in [0.4, 0.5) is 0 Å². The van der Waals surface area contributed by atoms with Crippen molar-refractivity contribution in [1.82, 2.24) is 5.32 Å². The highest BCUT2D eigenvalue weighted by Gasteiger charge is 2.16. The molecule has 1 aliphatic rings. The molecule has 2 atom stereocenters. The van der Waals surface area contributed by atoms with Crippen LogP contribution in [0.5, 0.6) is 0 Å². The number of carbonyl (C=O) groups is 1. The molecule has 0 unspecified atom stereocenters. The largest absolute Gasteiger partial charge is 0.370 e. The van der Waals surface area contributed by atoms with E-state index < -0.39 is 0 Å². The lowest BCUT2D eigenvalue weighted by atomic mass is 10.1. The molecule has 0 bridgehead atoms. The minimum atomic E-state index is 0.130. The molecular weight excluding hydrogens is 304 g/mol. The van der Waals surface area contributed by atoms with E-state index in [2.05, 4.69) is 10.3 Å². The summed E-state index contributed by atoms with van der Waals surface area (Å²) in [6.45, 7) is 2.65. The van der Waals surface area contributed by atoms with Gasteiger partial charge in [0, 0.05) is 30.0 Å². The van der Waals surface area contributed by atoms with Crippen molar-refractivity contribution in [2.24, 2.45) is 16.5 Å². The van der Waals surface area contributed by atoms with Crippen molar-refractivity contribution in [3.8, 4) is 0 Å². The van der Waals surface area contributed by atoms with Gasteiger partial charge in [0.15, 0.2) is 5.96 Å². The van der Waals surface area contributed by atoms with Gasteiger partial charge in [0.2, 0.25) is 5.91 Å². The number of unbranched alkanes of at least 4 members (excludes halogenated alkanes) is 1. The van der Waals surface area contributed by atoms with Crippen LogP contribution in [0.25, 0.3) is 0 Å². The first-order chi connectivity index (χ1) is 10.1. The molecule has 21 heavy (non-hydrogen) atoms. The number of nitrogens with two attached hydrogens (primary N) is 2. The fourth-order valence-electron chi connectivity index (χ4n) is 2.25. The average molecular weight is 333 g/mol. The summed E-state index contributed by atoms with van der Waals surface area (Å²) in [7, 11) is 3.99. The van der Waals surface area contributed by atoms with Crippen molar-refractivity contribution in [2.75, 3.05) is 12.3 Å². The molecule has 1 amide bonds. The maximum Gasteiger partial charge on any atom is 0.220 e. The number of amides is 1. The molecule has 5 N–H and O–H groups in total. The first kappa shape index (κ1) is 18.5. The van der Waals surface area contributed by atoms with Crippen LogP contribution in [-0.4, -0.2) is 35.5 Å². The van der Waals surface area contributed by atoms with E-state index in [-0.39, 0.29) is 17.9 Å². The molecule has 0 aromatic heterocycles. The van der Waals surface area contributed by atoms with Crippen molar-refractivity contribution >= 4 is 33.5 Å². The molecule has 0 aromatic rings. The van der Waals surface area contributed by atoms with Gasteiger partial charge in [0.25, 0.3) is 0 Å². The Hall–Kier alpha value is -0.560. The van der Waals surface area contributed by atoms with Crippen LogP contribution < -0.4 is 16.8 Å². The summed E-state index contributed by atoms with van der Waals surface area (Å²) < 4.78 is 0. The molecule has 1 saturated heterocycles. The smallest absolute Gasteiger partial charge is 0.220 e. The van der Waals surface area contributed by atoms with E-state index in [4.69, 9.17) is 11.5 Å². The highest BCUT2D eigenvalue weighted by atomic mass is 33.1. The first-order valence-corrected chi connectivity index (χ1v) is 10.1. The molecule has 0 saturated carbocycles. The normalized spacial score (nSPS) is 19.2. The lowest BCUT2D eigenvalue weighted by Crippen LogP contribution is -2.32. The molecule has 1 fully saturated rings. The maximum atomic E-state index is 11.8. The Morgan fingerprint density at radius 1 is 1.38 bits per heavy atom. The van der Waals surface area contributed by atoms with Crippen molar-refractivity contribution < 1.29 is 4.79 Å². The molecule has 0 aromatic carbocycles. The number of hydrogen-bond donors (Lipinski definition) is 3.